The number of thioether (sulfide) groups is 1. The molecule has 0 bridgehead atoms. The zero-order valence-electron chi connectivity index (χ0n) is 26.4. The molecule has 1 heterocycles. The molecule has 4 rings (SSSR count). The van der Waals surface area contributed by atoms with Gasteiger partial charge in [-0.25, -0.2) is 4.39 Å². The second-order valence-corrected chi connectivity index (χ2v) is 13.4. The second-order valence-electron chi connectivity index (χ2n) is 12.0. The summed E-state index contributed by atoms with van der Waals surface area (Å²) in [6, 6.07) is 7.90. The molecule has 0 spiro atoms. The number of fused-ring (bicyclic) bond motifs is 3. The molecule has 0 fully saturated rings. The van der Waals surface area contributed by atoms with E-state index in [0.717, 1.165) is 6.07 Å². The number of alkyl halides is 3. The number of halogens is 4. The van der Waals surface area contributed by atoms with Crippen molar-refractivity contribution in [2.75, 3.05) is 12.0 Å². The van der Waals surface area contributed by atoms with Gasteiger partial charge < -0.3 is 26.7 Å². The van der Waals surface area contributed by atoms with E-state index < -0.39 is 52.9 Å². The van der Waals surface area contributed by atoms with Crippen molar-refractivity contribution in [2.45, 2.75) is 76.2 Å². The highest BCUT2D eigenvalue weighted by atomic mass is 32.2. The molecule has 3 aromatic rings. The van der Waals surface area contributed by atoms with Gasteiger partial charge in [-0.2, -0.15) is 24.9 Å². The van der Waals surface area contributed by atoms with Crippen molar-refractivity contribution in [2.24, 2.45) is 11.7 Å². The van der Waals surface area contributed by atoms with Crippen molar-refractivity contribution in [3.63, 3.8) is 0 Å². The van der Waals surface area contributed by atoms with E-state index in [4.69, 9.17) is 18.0 Å². The number of hydrogen-bond acceptors (Lipinski definition) is 5. The molecule has 6 N–H and O–H groups in total. The largest absolute Gasteiger partial charge is 0.418 e. The highest BCUT2D eigenvalue weighted by Crippen LogP contribution is 2.40. The van der Waals surface area contributed by atoms with Gasteiger partial charge in [-0.15, -0.1) is 0 Å². The molecular weight excluding hydrogens is 655 g/mol. The quantitative estimate of drug-likeness (QED) is 0.127. The van der Waals surface area contributed by atoms with Crippen LogP contribution in [0.5, 0.6) is 0 Å². The topological polar surface area (TPSA) is 129 Å². The van der Waals surface area contributed by atoms with E-state index in [0.29, 0.717) is 35.2 Å². The van der Waals surface area contributed by atoms with E-state index in [1.807, 2.05) is 13.2 Å². The van der Waals surface area contributed by atoms with Crippen LogP contribution in [0.15, 0.2) is 42.5 Å². The summed E-state index contributed by atoms with van der Waals surface area (Å²) in [6.45, 7) is 3.61. The summed E-state index contributed by atoms with van der Waals surface area (Å²) in [7, 11) is 0. The number of aromatic nitrogens is 1. The summed E-state index contributed by atoms with van der Waals surface area (Å²) < 4.78 is 56.0. The monoisotopic (exact) mass is 693 g/mol. The van der Waals surface area contributed by atoms with E-state index in [1.54, 1.807) is 19.1 Å². The van der Waals surface area contributed by atoms with Crippen molar-refractivity contribution in [1.29, 1.82) is 0 Å². The Bertz CT molecular complexity index is 1650. The smallest absolute Gasteiger partial charge is 0.392 e. The Morgan fingerprint density at radius 1 is 1.13 bits per heavy atom. The lowest BCUT2D eigenvalue weighted by Gasteiger charge is -2.39. The molecule has 1 unspecified atom stereocenters. The average molecular weight is 694 g/mol. The van der Waals surface area contributed by atoms with Crippen LogP contribution in [-0.4, -0.2) is 57.3 Å². The Morgan fingerprint density at radius 2 is 1.85 bits per heavy atom. The van der Waals surface area contributed by atoms with Crippen LogP contribution in [0, 0.1) is 11.7 Å². The van der Waals surface area contributed by atoms with Gasteiger partial charge in [0.15, 0.2) is 0 Å². The van der Waals surface area contributed by atoms with Gasteiger partial charge in [0.2, 0.25) is 17.7 Å². The number of aromatic amines is 1. The van der Waals surface area contributed by atoms with Gasteiger partial charge in [0, 0.05) is 17.5 Å². The first kappa shape index (κ1) is 36.2. The first-order chi connectivity index (χ1) is 22.2. The Labute approximate surface area is 280 Å². The first-order valence-electron chi connectivity index (χ1n) is 15.3. The number of carbonyl (C=O) groups excluding carboxylic acids is 3. The molecule has 14 heteroatoms. The van der Waals surface area contributed by atoms with Gasteiger partial charge in [0.05, 0.1) is 28.5 Å². The van der Waals surface area contributed by atoms with E-state index in [9.17, 15) is 31.9 Å². The Hall–Kier alpha value is -3.65. The summed E-state index contributed by atoms with van der Waals surface area (Å²) in [5.41, 5.74) is 4.61. The van der Waals surface area contributed by atoms with Crippen LogP contribution in [0.25, 0.3) is 10.9 Å². The molecule has 8 nitrogen and oxygen atoms in total. The number of benzene rings is 2. The zero-order valence-corrected chi connectivity index (χ0v) is 28.0. The normalized spacial score (nSPS) is 18.1. The van der Waals surface area contributed by atoms with Crippen LogP contribution in [0.3, 0.4) is 0 Å². The average Bonchev–Trinajstić information content (AvgIpc) is 3.39. The number of H-pyrrole nitrogens is 1. The van der Waals surface area contributed by atoms with Crippen molar-refractivity contribution < 1.29 is 31.9 Å². The molecule has 1 aromatic heterocycles. The summed E-state index contributed by atoms with van der Waals surface area (Å²) in [5, 5.41) is 8.80. The molecule has 2 aromatic carbocycles. The molecule has 47 heavy (non-hydrogen) atoms. The summed E-state index contributed by atoms with van der Waals surface area (Å²) in [6.07, 6.45) is -2.01. The number of para-hydroxylation sites is 1. The molecule has 1 aliphatic carbocycles. The van der Waals surface area contributed by atoms with Crippen molar-refractivity contribution in [1.82, 2.24) is 20.9 Å². The van der Waals surface area contributed by atoms with Crippen LogP contribution < -0.4 is 21.7 Å². The standard InChI is InChI=1S/C33H39F4N5O3S2/c1-4-18(2)27(41-26(43)16-19-8-5-6-11-23(19)34)30(44)42-32(31(45)40-25(29(38)46)13-15-47-3)14-12-24-21(17-32)20-9-7-10-22(28(20)39-24)33(35,36)37/h5-11,18,25,27,39H,4,12-17H2,1-3H3,(H2,38,46)(H,40,45)(H,41,43)(H,42,44)/t18?,25-,27-,32+/m0/s1. The van der Waals surface area contributed by atoms with E-state index >= 15 is 0 Å². The third-order valence-corrected chi connectivity index (χ3v) is 9.72. The number of hydrogen-bond donors (Lipinski definition) is 5. The fraction of sp³-hybridized carbons (Fsp3) is 0.455. The maximum atomic E-state index is 14.3. The number of nitrogens with one attached hydrogen (secondary N) is 4. The lowest BCUT2D eigenvalue weighted by atomic mass is 9.78. The van der Waals surface area contributed by atoms with Gasteiger partial charge in [0.25, 0.3) is 0 Å². The lowest BCUT2D eigenvalue weighted by molar-refractivity contribution is -0.137. The number of aryl methyl sites for hydroxylation is 1. The molecular formula is C33H39F4N5O3S2. The zero-order chi connectivity index (χ0) is 34.5. The van der Waals surface area contributed by atoms with Crippen molar-refractivity contribution >= 4 is 57.6 Å². The number of thiocarbonyl (C=S) groups is 1. The van der Waals surface area contributed by atoms with E-state index in [1.165, 1.54) is 36.0 Å². The molecule has 0 saturated heterocycles. The minimum atomic E-state index is -4.61. The second kappa shape index (κ2) is 15.1. The third-order valence-electron chi connectivity index (χ3n) is 8.79. The number of rotatable bonds is 13. The summed E-state index contributed by atoms with van der Waals surface area (Å²) in [5.74, 6) is -2.11. The maximum absolute atomic E-state index is 14.3. The van der Waals surface area contributed by atoms with Crippen LogP contribution in [0.1, 0.15) is 55.5 Å². The van der Waals surface area contributed by atoms with Crippen LogP contribution in [0.4, 0.5) is 17.6 Å². The molecule has 0 saturated carbocycles. The SMILES string of the molecule is CCC(C)[C@H](NC(=O)Cc1ccccc1F)C(=O)N[C@]1(C(=O)N[C@@H](CCSC)C(N)=S)CCc2[nH]c3c(C(F)(F)F)cccc3c2C1. The lowest BCUT2D eigenvalue weighted by Crippen LogP contribution is -2.66. The van der Waals surface area contributed by atoms with Crippen LogP contribution in [-0.2, 0) is 39.8 Å². The minimum absolute atomic E-state index is 0.0503. The first-order valence-corrected chi connectivity index (χ1v) is 17.1. The molecule has 254 valence electrons. The predicted molar refractivity (Wildman–Crippen MR) is 179 cm³/mol. The Kier molecular flexibility index (Phi) is 11.6. The van der Waals surface area contributed by atoms with Gasteiger partial charge in [-0.1, -0.05) is 62.8 Å². The van der Waals surface area contributed by atoms with Gasteiger partial charge in [0.1, 0.15) is 17.4 Å². The predicted octanol–water partition coefficient (Wildman–Crippen LogP) is 4.97. The summed E-state index contributed by atoms with van der Waals surface area (Å²) in [4.78, 5) is 44.3. The Morgan fingerprint density at radius 3 is 2.49 bits per heavy atom. The molecule has 0 radical (unpaired) electrons. The van der Waals surface area contributed by atoms with Crippen LogP contribution in [0.2, 0.25) is 0 Å². The fourth-order valence-corrected chi connectivity index (χ4v) is 6.59. The van der Waals surface area contributed by atoms with Gasteiger partial charge in [-0.05, 0) is 60.4 Å². The molecule has 3 amide bonds. The third kappa shape index (κ3) is 8.26. The molecule has 1 aliphatic rings. The van der Waals surface area contributed by atoms with Gasteiger partial charge >= 0.3 is 6.18 Å². The fourth-order valence-electron chi connectivity index (χ4n) is 5.94. The summed E-state index contributed by atoms with van der Waals surface area (Å²) >= 11 is 6.76. The number of nitrogens with two attached hydrogens (primary N) is 1. The number of amides is 3. The van der Waals surface area contributed by atoms with Crippen molar-refractivity contribution in [3.05, 3.63) is 70.7 Å². The molecule has 0 aliphatic heterocycles. The van der Waals surface area contributed by atoms with E-state index in [-0.39, 0.29) is 47.7 Å². The Balaban J connectivity index is 1.71. The van der Waals surface area contributed by atoms with E-state index in [2.05, 4.69) is 20.9 Å². The number of carbonyl (C=O) groups is 3. The highest BCUT2D eigenvalue weighted by Gasteiger charge is 2.46. The highest BCUT2D eigenvalue weighted by molar-refractivity contribution is 7.98. The molecule has 4 atom stereocenters. The van der Waals surface area contributed by atoms with Crippen molar-refractivity contribution in [3.8, 4) is 0 Å². The van der Waals surface area contributed by atoms with Crippen LogP contribution >= 0.6 is 24.0 Å². The maximum Gasteiger partial charge on any atom is 0.418 e. The van der Waals surface area contributed by atoms with Gasteiger partial charge in [-0.3, -0.25) is 14.4 Å². The minimum Gasteiger partial charge on any atom is -0.392 e.